The van der Waals surface area contributed by atoms with E-state index < -0.39 is 7.12 Å². The first-order valence-corrected chi connectivity index (χ1v) is 8.11. The number of anilines is 1. The van der Waals surface area contributed by atoms with Crippen LogP contribution in [0.25, 0.3) is 0 Å². The van der Waals surface area contributed by atoms with Gasteiger partial charge in [0.05, 0.1) is 24.4 Å². The van der Waals surface area contributed by atoms with E-state index in [2.05, 4.69) is 4.90 Å². The van der Waals surface area contributed by atoms with Gasteiger partial charge in [-0.2, -0.15) is 0 Å². The van der Waals surface area contributed by atoms with Gasteiger partial charge in [-0.3, -0.25) is 4.79 Å². The molecule has 5 nitrogen and oxygen atoms in total. The van der Waals surface area contributed by atoms with Crippen molar-refractivity contribution < 1.29 is 18.8 Å². The molecule has 0 bridgehead atoms. The number of carbonyl (C=O) groups is 1. The van der Waals surface area contributed by atoms with E-state index in [0.29, 0.717) is 18.8 Å². The lowest BCUT2D eigenvalue weighted by Crippen LogP contribution is -2.41. The summed E-state index contributed by atoms with van der Waals surface area (Å²) in [5, 5.41) is 0. The Balaban J connectivity index is 1.91. The molecule has 1 aromatic rings. The summed E-state index contributed by atoms with van der Waals surface area (Å²) in [6, 6.07) is 5.77. The van der Waals surface area contributed by atoms with Gasteiger partial charge in [-0.1, -0.05) is 6.07 Å². The predicted molar refractivity (Wildman–Crippen MR) is 90.6 cm³/mol. The third-order valence-corrected chi connectivity index (χ3v) is 5.06. The number of hydrogen-bond acceptors (Lipinski definition) is 5. The molecule has 0 atom stereocenters. The molecule has 3 rings (SSSR count). The second-order valence-electron chi connectivity index (χ2n) is 7.12. The van der Waals surface area contributed by atoms with Gasteiger partial charge in [-0.15, -0.1) is 0 Å². The molecule has 0 N–H and O–H groups in total. The molecular weight excluding hydrogens is 293 g/mol. The first-order valence-electron chi connectivity index (χ1n) is 8.11. The zero-order chi connectivity index (χ0) is 16.7. The summed E-state index contributed by atoms with van der Waals surface area (Å²) in [7, 11) is -0.416. The van der Waals surface area contributed by atoms with Gasteiger partial charge in [0.2, 0.25) is 0 Å². The van der Waals surface area contributed by atoms with Gasteiger partial charge >= 0.3 is 7.12 Å². The van der Waals surface area contributed by atoms with Crippen LogP contribution in [0.3, 0.4) is 0 Å². The van der Waals surface area contributed by atoms with Gasteiger partial charge in [0.1, 0.15) is 0 Å². The molecule has 2 aliphatic heterocycles. The number of aldehydes is 1. The Morgan fingerprint density at radius 1 is 1.09 bits per heavy atom. The smallest absolute Gasteiger partial charge is 0.399 e. The summed E-state index contributed by atoms with van der Waals surface area (Å²) < 4.78 is 17.6. The highest BCUT2D eigenvalue weighted by atomic mass is 16.7. The van der Waals surface area contributed by atoms with E-state index in [1.807, 2.05) is 45.9 Å². The molecule has 2 heterocycles. The van der Waals surface area contributed by atoms with E-state index in [1.54, 1.807) is 0 Å². The van der Waals surface area contributed by atoms with E-state index in [0.717, 1.165) is 30.5 Å². The molecule has 0 saturated carbocycles. The van der Waals surface area contributed by atoms with Crippen molar-refractivity contribution in [2.45, 2.75) is 38.9 Å². The Morgan fingerprint density at radius 3 is 2.26 bits per heavy atom. The van der Waals surface area contributed by atoms with Crippen molar-refractivity contribution in [1.82, 2.24) is 0 Å². The highest BCUT2D eigenvalue weighted by Gasteiger charge is 2.51. The molecule has 23 heavy (non-hydrogen) atoms. The van der Waals surface area contributed by atoms with Crippen LogP contribution in [-0.2, 0) is 14.0 Å². The van der Waals surface area contributed by atoms with E-state index in [9.17, 15) is 4.79 Å². The Kier molecular flexibility index (Phi) is 4.25. The number of rotatable bonds is 3. The van der Waals surface area contributed by atoms with Crippen LogP contribution in [0.15, 0.2) is 18.2 Å². The van der Waals surface area contributed by atoms with Gasteiger partial charge < -0.3 is 18.9 Å². The zero-order valence-corrected chi connectivity index (χ0v) is 14.3. The van der Waals surface area contributed by atoms with Crippen LogP contribution >= 0.6 is 0 Å². The third-order valence-electron chi connectivity index (χ3n) is 5.06. The number of benzene rings is 1. The van der Waals surface area contributed by atoms with E-state index in [-0.39, 0.29) is 11.2 Å². The second-order valence-corrected chi connectivity index (χ2v) is 7.12. The predicted octanol–water partition coefficient (Wildman–Crippen LogP) is 1.63. The van der Waals surface area contributed by atoms with Crippen molar-refractivity contribution in [2.24, 2.45) is 0 Å². The summed E-state index contributed by atoms with van der Waals surface area (Å²) in [6.07, 6.45) is 0.902. The third kappa shape index (κ3) is 3.03. The largest absolute Gasteiger partial charge is 0.494 e. The lowest BCUT2D eigenvalue weighted by molar-refractivity contribution is 0.00578. The fourth-order valence-electron chi connectivity index (χ4n) is 2.86. The summed E-state index contributed by atoms with van der Waals surface area (Å²) in [4.78, 5) is 13.6. The van der Waals surface area contributed by atoms with Crippen LogP contribution in [0.5, 0.6) is 0 Å². The fraction of sp³-hybridized carbons (Fsp3) is 0.588. The van der Waals surface area contributed by atoms with Crippen LogP contribution in [0, 0.1) is 0 Å². The highest BCUT2D eigenvalue weighted by Crippen LogP contribution is 2.36. The SMILES string of the molecule is CC1(C)OB(c2ccc(C=O)c(N3CCOCC3)c2)OC1(C)C. The number of nitrogens with zero attached hydrogens (tertiary/aromatic N) is 1. The topological polar surface area (TPSA) is 48.0 Å². The first-order chi connectivity index (χ1) is 10.8. The number of ether oxygens (including phenoxy) is 1. The van der Waals surface area contributed by atoms with Crippen LogP contribution in [0.1, 0.15) is 38.1 Å². The summed E-state index contributed by atoms with van der Waals surface area (Å²) in [5.41, 5.74) is 1.80. The van der Waals surface area contributed by atoms with Crippen LogP contribution in [-0.4, -0.2) is 50.9 Å². The maximum Gasteiger partial charge on any atom is 0.494 e. The van der Waals surface area contributed by atoms with Gasteiger partial charge in [-0.25, -0.2) is 0 Å². The highest BCUT2D eigenvalue weighted by molar-refractivity contribution is 6.62. The van der Waals surface area contributed by atoms with E-state index in [1.165, 1.54) is 0 Å². The average molecular weight is 317 g/mol. The summed E-state index contributed by atoms with van der Waals surface area (Å²) >= 11 is 0. The Bertz CT molecular complexity index is 580. The van der Waals surface area contributed by atoms with E-state index >= 15 is 0 Å². The molecule has 1 aromatic carbocycles. The Morgan fingerprint density at radius 2 is 1.70 bits per heavy atom. The maximum absolute atomic E-state index is 11.4. The van der Waals surface area contributed by atoms with Gasteiger partial charge in [-0.05, 0) is 45.3 Å². The number of carbonyl (C=O) groups excluding carboxylic acids is 1. The van der Waals surface area contributed by atoms with Crippen LogP contribution in [0.2, 0.25) is 0 Å². The zero-order valence-electron chi connectivity index (χ0n) is 14.3. The summed E-state index contributed by atoms with van der Waals surface area (Å²) in [6.45, 7) is 11.1. The minimum absolute atomic E-state index is 0.375. The second kappa shape index (κ2) is 5.93. The van der Waals surface area contributed by atoms with Crippen LogP contribution < -0.4 is 10.4 Å². The normalized spacial score (nSPS) is 23.1. The molecule has 0 radical (unpaired) electrons. The number of morpholine rings is 1. The Labute approximate surface area is 138 Å². The molecular formula is C17H24BNO4. The molecule has 0 spiro atoms. The summed E-state index contributed by atoms with van der Waals surface area (Å²) in [5.74, 6) is 0. The maximum atomic E-state index is 11.4. The minimum Gasteiger partial charge on any atom is -0.399 e. The van der Waals surface area contributed by atoms with Gasteiger partial charge in [0.25, 0.3) is 0 Å². The molecule has 2 fully saturated rings. The molecule has 6 heteroatoms. The quantitative estimate of drug-likeness (QED) is 0.626. The van der Waals surface area contributed by atoms with Crippen molar-refractivity contribution in [3.63, 3.8) is 0 Å². The monoisotopic (exact) mass is 317 g/mol. The van der Waals surface area contributed by atoms with Crippen molar-refractivity contribution in [2.75, 3.05) is 31.2 Å². The fourth-order valence-corrected chi connectivity index (χ4v) is 2.86. The molecule has 2 aliphatic rings. The molecule has 2 saturated heterocycles. The molecule has 0 unspecified atom stereocenters. The molecule has 0 aromatic heterocycles. The Hall–Kier alpha value is -1.37. The standard InChI is InChI=1S/C17H24BNO4/c1-16(2)17(3,4)23-18(22-16)14-6-5-13(12-20)15(11-14)19-7-9-21-10-8-19/h5-6,11-12H,7-10H2,1-4H3. The number of hydrogen-bond donors (Lipinski definition) is 0. The first kappa shape index (κ1) is 16.5. The minimum atomic E-state index is -0.416. The van der Waals surface area contributed by atoms with Crippen molar-refractivity contribution >= 4 is 24.6 Å². The molecule has 0 aliphatic carbocycles. The van der Waals surface area contributed by atoms with Gasteiger partial charge in [0.15, 0.2) is 6.29 Å². The van der Waals surface area contributed by atoms with Crippen molar-refractivity contribution in [3.8, 4) is 0 Å². The van der Waals surface area contributed by atoms with Crippen molar-refractivity contribution in [1.29, 1.82) is 0 Å². The molecule has 0 amide bonds. The molecule has 124 valence electrons. The van der Waals surface area contributed by atoms with Gasteiger partial charge in [0, 0.05) is 24.3 Å². The lowest BCUT2D eigenvalue weighted by Gasteiger charge is -2.32. The van der Waals surface area contributed by atoms with Crippen LogP contribution in [0.4, 0.5) is 5.69 Å². The van der Waals surface area contributed by atoms with E-state index in [4.69, 9.17) is 14.0 Å². The lowest BCUT2D eigenvalue weighted by atomic mass is 9.78. The van der Waals surface area contributed by atoms with Crippen molar-refractivity contribution in [3.05, 3.63) is 23.8 Å². The average Bonchev–Trinajstić information content (AvgIpc) is 2.75.